The van der Waals surface area contributed by atoms with Gasteiger partial charge >= 0.3 is 5.97 Å². The van der Waals surface area contributed by atoms with Crippen LogP contribution in [0.1, 0.15) is 29.0 Å². The van der Waals surface area contributed by atoms with Crippen molar-refractivity contribution in [3.8, 4) is 0 Å². The van der Waals surface area contributed by atoms with Crippen LogP contribution < -0.4 is 5.73 Å². The molecule has 0 aromatic carbocycles. The third-order valence-electron chi connectivity index (χ3n) is 3.57. The van der Waals surface area contributed by atoms with Gasteiger partial charge in [0.05, 0.1) is 11.9 Å². The van der Waals surface area contributed by atoms with Crippen molar-refractivity contribution in [2.75, 3.05) is 19.7 Å². The quantitative estimate of drug-likeness (QED) is 0.761. The van der Waals surface area contributed by atoms with Crippen molar-refractivity contribution in [2.24, 2.45) is 11.7 Å². The summed E-state index contributed by atoms with van der Waals surface area (Å²) in [7, 11) is 0. The molecule has 0 spiro atoms. The molecule has 1 fully saturated rings. The van der Waals surface area contributed by atoms with Gasteiger partial charge in [-0.1, -0.05) is 0 Å². The van der Waals surface area contributed by atoms with Crippen molar-refractivity contribution in [3.05, 3.63) is 23.8 Å². The zero-order valence-electron chi connectivity index (χ0n) is 12.3. The summed E-state index contributed by atoms with van der Waals surface area (Å²) in [6, 6.07) is 0. The van der Waals surface area contributed by atoms with Gasteiger partial charge < -0.3 is 15.4 Å². The maximum absolute atomic E-state index is 12.0. The Morgan fingerprint density at radius 3 is 2.50 bits per heavy atom. The Hall–Kier alpha value is -2.51. The fourth-order valence-electron chi connectivity index (χ4n) is 2.20. The number of nitrogens with zero attached hydrogens (tertiary/aromatic N) is 3. The Kier molecular flexibility index (Phi) is 5.03. The van der Waals surface area contributed by atoms with Gasteiger partial charge in [0.15, 0.2) is 12.3 Å². The molecule has 0 bridgehead atoms. The number of likely N-dealkylation sites (tertiary alicyclic amines) is 1. The Labute approximate surface area is 127 Å². The second-order valence-electron chi connectivity index (χ2n) is 5.18. The summed E-state index contributed by atoms with van der Waals surface area (Å²) < 4.78 is 4.93. The summed E-state index contributed by atoms with van der Waals surface area (Å²) in [6.07, 6.45) is 3.84. The number of carbonyl (C=O) groups excluding carboxylic acids is 3. The van der Waals surface area contributed by atoms with Crippen LogP contribution in [0.15, 0.2) is 12.4 Å². The number of rotatable bonds is 4. The van der Waals surface area contributed by atoms with E-state index in [-0.39, 0.29) is 30.0 Å². The average molecular weight is 306 g/mol. The van der Waals surface area contributed by atoms with Gasteiger partial charge in [-0.3, -0.25) is 14.6 Å². The largest absolute Gasteiger partial charge is 0.451 e. The molecular formula is C14H18N4O4. The molecule has 2 heterocycles. The Balaban J connectivity index is 1.79. The first kappa shape index (κ1) is 15.9. The molecule has 2 rings (SSSR count). The summed E-state index contributed by atoms with van der Waals surface area (Å²) in [4.78, 5) is 44.1. The highest BCUT2D eigenvalue weighted by Gasteiger charge is 2.26. The molecule has 0 atom stereocenters. The van der Waals surface area contributed by atoms with Gasteiger partial charge in [0.2, 0.25) is 5.91 Å². The van der Waals surface area contributed by atoms with Gasteiger partial charge in [-0.25, -0.2) is 9.78 Å². The number of aromatic nitrogens is 2. The number of aryl methyl sites for hydroxylation is 1. The Bertz CT molecular complexity index is 565. The lowest BCUT2D eigenvalue weighted by Gasteiger charge is -2.30. The van der Waals surface area contributed by atoms with E-state index in [0.717, 1.165) is 0 Å². The van der Waals surface area contributed by atoms with Crippen LogP contribution in [-0.4, -0.2) is 52.3 Å². The van der Waals surface area contributed by atoms with Gasteiger partial charge in [0.25, 0.3) is 5.91 Å². The maximum atomic E-state index is 12.0. The molecule has 0 unspecified atom stereocenters. The second-order valence-corrected chi connectivity index (χ2v) is 5.18. The fourth-order valence-corrected chi connectivity index (χ4v) is 2.20. The van der Waals surface area contributed by atoms with Gasteiger partial charge in [-0.05, 0) is 19.8 Å². The number of hydrogen-bond donors (Lipinski definition) is 1. The van der Waals surface area contributed by atoms with Crippen LogP contribution in [0, 0.1) is 12.8 Å². The molecule has 1 saturated heterocycles. The number of piperidine rings is 1. The predicted octanol–water partition coefficient (Wildman–Crippen LogP) is -0.334. The minimum absolute atomic E-state index is 0.0610. The Morgan fingerprint density at radius 2 is 1.95 bits per heavy atom. The van der Waals surface area contributed by atoms with E-state index in [1.165, 1.54) is 12.4 Å². The van der Waals surface area contributed by atoms with E-state index in [2.05, 4.69) is 9.97 Å². The van der Waals surface area contributed by atoms with E-state index >= 15 is 0 Å². The highest BCUT2D eigenvalue weighted by molar-refractivity contribution is 5.89. The third kappa shape index (κ3) is 4.00. The SMILES string of the molecule is Cc1cnc(C(=O)OCC(=O)N2CCC(C(N)=O)CC2)cn1. The van der Waals surface area contributed by atoms with Crippen molar-refractivity contribution in [1.82, 2.24) is 14.9 Å². The molecule has 1 aliphatic heterocycles. The summed E-state index contributed by atoms with van der Waals surface area (Å²) >= 11 is 0. The molecule has 1 aromatic heterocycles. The first-order valence-corrected chi connectivity index (χ1v) is 7.00. The third-order valence-corrected chi connectivity index (χ3v) is 3.57. The number of nitrogens with two attached hydrogens (primary N) is 1. The maximum Gasteiger partial charge on any atom is 0.359 e. The molecule has 0 radical (unpaired) electrons. The molecule has 22 heavy (non-hydrogen) atoms. The van der Waals surface area contributed by atoms with Gasteiger partial charge in [-0.2, -0.15) is 0 Å². The van der Waals surface area contributed by atoms with E-state index < -0.39 is 5.97 Å². The molecule has 8 nitrogen and oxygen atoms in total. The topological polar surface area (TPSA) is 115 Å². The molecule has 2 amide bonds. The lowest BCUT2D eigenvalue weighted by Crippen LogP contribution is -2.43. The van der Waals surface area contributed by atoms with Gasteiger partial charge in [0.1, 0.15) is 0 Å². The Morgan fingerprint density at radius 1 is 1.27 bits per heavy atom. The van der Waals surface area contributed by atoms with Crippen LogP contribution in [0.25, 0.3) is 0 Å². The van der Waals surface area contributed by atoms with E-state index in [9.17, 15) is 14.4 Å². The van der Waals surface area contributed by atoms with Crippen molar-refractivity contribution in [1.29, 1.82) is 0 Å². The summed E-state index contributed by atoms with van der Waals surface area (Å²) in [5.41, 5.74) is 5.98. The first-order chi connectivity index (χ1) is 10.5. The molecule has 2 N–H and O–H groups in total. The number of esters is 1. The van der Waals surface area contributed by atoms with Crippen molar-refractivity contribution in [2.45, 2.75) is 19.8 Å². The molecular weight excluding hydrogens is 288 g/mol. The van der Waals surface area contributed by atoms with E-state index in [0.29, 0.717) is 31.6 Å². The number of primary amides is 1. The normalized spacial score (nSPS) is 15.4. The molecule has 0 saturated carbocycles. The molecule has 1 aromatic rings. The predicted molar refractivity (Wildman–Crippen MR) is 75.5 cm³/mol. The fraction of sp³-hybridized carbons (Fsp3) is 0.500. The zero-order chi connectivity index (χ0) is 16.1. The molecule has 118 valence electrons. The monoisotopic (exact) mass is 306 g/mol. The van der Waals surface area contributed by atoms with Crippen LogP contribution in [-0.2, 0) is 14.3 Å². The van der Waals surface area contributed by atoms with Crippen molar-refractivity contribution < 1.29 is 19.1 Å². The molecule has 0 aliphatic carbocycles. The summed E-state index contributed by atoms with van der Waals surface area (Å²) in [5, 5.41) is 0. The summed E-state index contributed by atoms with van der Waals surface area (Å²) in [5.74, 6) is -1.50. The van der Waals surface area contributed by atoms with Crippen LogP contribution in [0.5, 0.6) is 0 Å². The van der Waals surface area contributed by atoms with Crippen LogP contribution in [0.4, 0.5) is 0 Å². The van der Waals surface area contributed by atoms with E-state index in [1.54, 1.807) is 11.8 Å². The number of carbonyl (C=O) groups is 3. The van der Waals surface area contributed by atoms with Gasteiger partial charge in [-0.15, -0.1) is 0 Å². The van der Waals surface area contributed by atoms with Crippen LogP contribution >= 0.6 is 0 Å². The minimum atomic E-state index is -0.687. The minimum Gasteiger partial charge on any atom is -0.451 e. The van der Waals surface area contributed by atoms with Gasteiger partial charge in [0, 0.05) is 25.2 Å². The van der Waals surface area contributed by atoms with Crippen molar-refractivity contribution in [3.63, 3.8) is 0 Å². The lowest BCUT2D eigenvalue weighted by molar-refractivity contribution is -0.137. The lowest BCUT2D eigenvalue weighted by atomic mass is 9.96. The van der Waals surface area contributed by atoms with Crippen LogP contribution in [0.3, 0.4) is 0 Å². The van der Waals surface area contributed by atoms with Crippen LogP contribution in [0.2, 0.25) is 0 Å². The smallest absolute Gasteiger partial charge is 0.359 e. The molecule has 8 heteroatoms. The van der Waals surface area contributed by atoms with E-state index in [1.807, 2.05) is 0 Å². The number of amides is 2. The highest BCUT2D eigenvalue weighted by Crippen LogP contribution is 2.16. The number of ether oxygens (including phenoxy) is 1. The second kappa shape index (κ2) is 6.97. The number of hydrogen-bond acceptors (Lipinski definition) is 6. The van der Waals surface area contributed by atoms with E-state index in [4.69, 9.17) is 10.5 Å². The standard InChI is InChI=1S/C14H18N4O4/c1-9-6-17-11(7-16-9)14(21)22-8-12(19)18-4-2-10(3-5-18)13(15)20/h6-7,10H,2-5,8H2,1H3,(H2,15,20). The highest BCUT2D eigenvalue weighted by atomic mass is 16.5. The average Bonchev–Trinajstić information content (AvgIpc) is 2.53. The zero-order valence-corrected chi connectivity index (χ0v) is 12.3. The summed E-state index contributed by atoms with van der Waals surface area (Å²) in [6.45, 7) is 2.28. The first-order valence-electron chi connectivity index (χ1n) is 7.00. The molecule has 1 aliphatic rings. The van der Waals surface area contributed by atoms with Crippen molar-refractivity contribution >= 4 is 17.8 Å².